The molecule has 0 aliphatic carbocycles. The fraction of sp³-hybridized carbons (Fsp3) is 0.600. The van der Waals surface area contributed by atoms with Crippen molar-refractivity contribution in [2.75, 3.05) is 27.2 Å². The van der Waals surface area contributed by atoms with Crippen molar-refractivity contribution >= 4 is 15.9 Å². The van der Waals surface area contributed by atoms with E-state index in [0.717, 1.165) is 25.9 Å². The predicted molar refractivity (Wildman–Crippen MR) is 81.1 cm³/mol. The van der Waals surface area contributed by atoms with E-state index in [0.29, 0.717) is 18.2 Å². The molecule has 21 heavy (non-hydrogen) atoms. The summed E-state index contributed by atoms with van der Waals surface area (Å²) in [5, 5.41) is 0. The molecule has 0 aromatic heterocycles. The average Bonchev–Trinajstić information content (AvgIpc) is 2.40. The van der Waals surface area contributed by atoms with E-state index < -0.39 is 11.7 Å². The van der Waals surface area contributed by atoms with Gasteiger partial charge in [-0.2, -0.15) is 13.2 Å². The van der Waals surface area contributed by atoms with E-state index in [2.05, 4.69) is 39.8 Å². The van der Waals surface area contributed by atoms with Gasteiger partial charge in [-0.15, -0.1) is 0 Å². The van der Waals surface area contributed by atoms with Gasteiger partial charge in [0.1, 0.15) is 0 Å². The summed E-state index contributed by atoms with van der Waals surface area (Å²) >= 11 is 2.98. The molecule has 2 rings (SSSR count). The second-order valence-electron chi connectivity index (χ2n) is 5.78. The molecule has 118 valence electrons. The average molecular weight is 365 g/mol. The van der Waals surface area contributed by atoms with Crippen LogP contribution in [0.2, 0.25) is 0 Å². The zero-order chi connectivity index (χ0) is 15.6. The lowest BCUT2D eigenvalue weighted by atomic mass is 10.0. The van der Waals surface area contributed by atoms with Crippen LogP contribution < -0.4 is 0 Å². The molecule has 0 spiro atoms. The van der Waals surface area contributed by atoms with Crippen molar-refractivity contribution in [1.29, 1.82) is 0 Å². The summed E-state index contributed by atoms with van der Waals surface area (Å²) < 4.78 is 38.8. The molecule has 0 bridgehead atoms. The van der Waals surface area contributed by atoms with Crippen LogP contribution in [0.4, 0.5) is 13.2 Å². The van der Waals surface area contributed by atoms with Crippen LogP contribution in [0.5, 0.6) is 0 Å². The third kappa shape index (κ3) is 4.44. The number of hydrogen-bond acceptors (Lipinski definition) is 2. The van der Waals surface area contributed by atoms with Gasteiger partial charge in [0.05, 0.1) is 5.56 Å². The third-order valence-corrected chi connectivity index (χ3v) is 4.72. The summed E-state index contributed by atoms with van der Waals surface area (Å²) in [4.78, 5) is 4.45. The van der Waals surface area contributed by atoms with Crippen LogP contribution in [0.3, 0.4) is 0 Å². The first-order valence-corrected chi connectivity index (χ1v) is 7.81. The number of piperidine rings is 1. The lowest BCUT2D eigenvalue weighted by molar-refractivity contribution is -0.138. The Morgan fingerprint density at radius 3 is 2.38 bits per heavy atom. The van der Waals surface area contributed by atoms with Crippen molar-refractivity contribution in [2.24, 2.45) is 0 Å². The van der Waals surface area contributed by atoms with Crippen molar-refractivity contribution < 1.29 is 13.2 Å². The Morgan fingerprint density at radius 2 is 1.86 bits per heavy atom. The molecule has 1 aromatic carbocycles. The number of halogens is 4. The molecular weight excluding hydrogens is 345 g/mol. The Labute approximate surface area is 132 Å². The molecule has 0 saturated carbocycles. The summed E-state index contributed by atoms with van der Waals surface area (Å²) in [6.07, 6.45) is -2.18. The van der Waals surface area contributed by atoms with Gasteiger partial charge in [-0.1, -0.05) is 22.0 Å². The molecule has 1 fully saturated rings. The number of likely N-dealkylation sites (tertiary alicyclic amines) is 1. The fourth-order valence-electron chi connectivity index (χ4n) is 2.74. The molecule has 1 aliphatic heterocycles. The smallest absolute Gasteiger partial charge is 0.306 e. The summed E-state index contributed by atoms with van der Waals surface area (Å²) in [6.45, 7) is 2.44. The minimum Gasteiger partial charge on any atom is -0.306 e. The van der Waals surface area contributed by atoms with Gasteiger partial charge in [0.25, 0.3) is 0 Å². The van der Waals surface area contributed by atoms with Crippen LogP contribution in [0.1, 0.15) is 24.0 Å². The van der Waals surface area contributed by atoms with E-state index in [4.69, 9.17) is 0 Å². The molecule has 0 amide bonds. The monoisotopic (exact) mass is 364 g/mol. The standard InChI is InChI=1S/C15H20BrF3N2/c1-20(2)12-5-7-21(8-6-12)10-11-3-4-14(16)13(9-11)15(17,18)19/h3-4,9,12H,5-8,10H2,1-2H3. The van der Waals surface area contributed by atoms with Gasteiger partial charge in [0.2, 0.25) is 0 Å². The number of benzene rings is 1. The highest BCUT2D eigenvalue weighted by molar-refractivity contribution is 9.10. The zero-order valence-corrected chi connectivity index (χ0v) is 13.8. The molecule has 0 atom stereocenters. The number of hydrogen-bond donors (Lipinski definition) is 0. The van der Waals surface area contributed by atoms with E-state index in [1.54, 1.807) is 6.07 Å². The third-order valence-electron chi connectivity index (χ3n) is 4.03. The van der Waals surface area contributed by atoms with Crippen LogP contribution in [-0.2, 0) is 12.7 Å². The molecular formula is C15H20BrF3N2. The second-order valence-corrected chi connectivity index (χ2v) is 6.64. The van der Waals surface area contributed by atoms with Crippen molar-refractivity contribution in [3.05, 3.63) is 33.8 Å². The van der Waals surface area contributed by atoms with Crippen LogP contribution in [0.15, 0.2) is 22.7 Å². The normalized spacial score (nSPS) is 18.4. The minimum atomic E-state index is -4.31. The highest BCUT2D eigenvalue weighted by Crippen LogP contribution is 2.35. The maximum atomic E-state index is 12.9. The summed E-state index contributed by atoms with van der Waals surface area (Å²) in [5.74, 6) is 0. The topological polar surface area (TPSA) is 6.48 Å². The highest BCUT2D eigenvalue weighted by Gasteiger charge is 2.33. The molecule has 2 nitrogen and oxygen atoms in total. The molecule has 1 aliphatic rings. The Morgan fingerprint density at radius 1 is 1.24 bits per heavy atom. The number of rotatable bonds is 3. The van der Waals surface area contributed by atoms with Gasteiger partial charge in [-0.25, -0.2) is 0 Å². The lowest BCUT2D eigenvalue weighted by Gasteiger charge is -2.35. The fourth-order valence-corrected chi connectivity index (χ4v) is 3.21. The van der Waals surface area contributed by atoms with Gasteiger partial charge in [-0.3, -0.25) is 4.90 Å². The molecule has 0 radical (unpaired) electrons. The first-order chi connectivity index (χ1) is 9.77. The molecule has 6 heteroatoms. The largest absolute Gasteiger partial charge is 0.417 e. The van der Waals surface area contributed by atoms with E-state index in [1.807, 2.05) is 0 Å². The molecule has 1 heterocycles. The quantitative estimate of drug-likeness (QED) is 0.799. The molecule has 1 aromatic rings. The maximum Gasteiger partial charge on any atom is 0.417 e. The Bertz CT molecular complexity index is 480. The van der Waals surface area contributed by atoms with E-state index >= 15 is 0 Å². The molecule has 0 unspecified atom stereocenters. The molecule has 0 N–H and O–H groups in total. The SMILES string of the molecule is CN(C)C1CCN(Cc2ccc(Br)c(C(F)(F)F)c2)CC1. The summed E-state index contributed by atoms with van der Waals surface area (Å²) in [5.41, 5.74) is 0.122. The summed E-state index contributed by atoms with van der Waals surface area (Å²) in [6, 6.07) is 5.08. The van der Waals surface area contributed by atoms with Crippen LogP contribution in [0.25, 0.3) is 0 Å². The summed E-state index contributed by atoms with van der Waals surface area (Å²) in [7, 11) is 4.15. The van der Waals surface area contributed by atoms with Crippen molar-refractivity contribution in [3.63, 3.8) is 0 Å². The van der Waals surface area contributed by atoms with Crippen LogP contribution in [-0.4, -0.2) is 43.0 Å². The maximum absolute atomic E-state index is 12.9. The van der Waals surface area contributed by atoms with Gasteiger partial charge in [-0.05, 0) is 57.7 Å². The zero-order valence-electron chi connectivity index (χ0n) is 12.3. The first-order valence-electron chi connectivity index (χ1n) is 7.02. The minimum absolute atomic E-state index is 0.102. The van der Waals surface area contributed by atoms with Crippen molar-refractivity contribution in [2.45, 2.75) is 31.6 Å². The van der Waals surface area contributed by atoms with Gasteiger partial charge >= 0.3 is 6.18 Å². The predicted octanol–water partition coefficient (Wildman–Crippen LogP) is 3.99. The Kier molecular flexibility index (Phi) is 5.33. The number of nitrogens with zero attached hydrogens (tertiary/aromatic N) is 2. The number of alkyl halides is 3. The highest BCUT2D eigenvalue weighted by atomic mass is 79.9. The van der Waals surface area contributed by atoms with Crippen molar-refractivity contribution in [1.82, 2.24) is 9.80 Å². The van der Waals surface area contributed by atoms with Crippen LogP contribution in [0, 0.1) is 0 Å². The lowest BCUT2D eigenvalue weighted by Crippen LogP contribution is -2.41. The Balaban J connectivity index is 2.01. The van der Waals surface area contributed by atoms with Crippen LogP contribution >= 0.6 is 15.9 Å². The van der Waals surface area contributed by atoms with Gasteiger partial charge < -0.3 is 4.90 Å². The van der Waals surface area contributed by atoms with Gasteiger partial charge in [0.15, 0.2) is 0 Å². The Hall–Kier alpha value is -0.590. The van der Waals surface area contributed by atoms with E-state index in [-0.39, 0.29) is 4.47 Å². The van der Waals surface area contributed by atoms with Crippen molar-refractivity contribution in [3.8, 4) is 0 Å². The first kappa shape index (κ1) is 16.8. The van der Waals surface area contributed by atoms with E-state index in [9.17, 15) is 13.2 Å². The van der Waals surface area contributed by atoms with E-state index in [1.165, 1.54) is 12.1 Å². The second kappa shape index (κ2) is 6.67. The van der Waals surface area contributed by atoms with Gasteiger partial charge in [0, 0.05) is 17.1 Å². The molecule has 1 saturated heterocycles.